The third kappa shape index (κ3) is 5.23. The van der Waals surface area contributed by atoms with Crippen LogP contribution in [0, 0.1) is 11.3 Å². The van der Waals surface area contributed by atoms with E-state index >= 15 is 0 Å². The van der Waals surface area contributed by atoms with Crippen LogP contribution in [0.15, 0.2) is 29.8 Å². The number of carbonyl (C=O) groups is 1. The zero-order valence-corrected chi connectivity index (χ0v) is 10.6. The molecule has 0 saturated carbocycles. The maximum Gasteiger partial charge on any atom is 0.346 e. The van der Waals surface area contributed by atoms with E-state index in [-0.39, 0.29) is 12.4 Å². The Morgan fingerprint density at radius 2 is 2.11 bits per heavy atom. The lowest BCUT2D eigenvalue weighted by molar-refractivity contribution is -0.132. The fourth-order valence-electron chi connectivity index (χ4n) is 1.28. The third-order valence-corrected chi connectivity index (χ3v) is 2.20. The Hall–Kier alpha value is -2.32. The second-order valence-electron chi connectivity index (χ2n) is 3.71. The molecule has 0 aromatic heterocycles. The largest absolute Gasteiger partial charge is 0.477 e. The number of nitrogens with zero attached hydrogens (tertiary/aromatic N) is 1. The lowest BCUT2D eigenvalue weighted by atomic mass is 10.1. The van der Waals surface area contributed by atoms with E-state index in [1.165, 1.54) is 6.08 Å². The van der Waals surface area contributed by atoms with Crippen LogP contribution in [-0.2, 0) is 9.53 Å². The summed E-state index contributed by atoms with van der Waals surface area (Å²) < 4.78 is 10.5. The summed E-state index contributed by atoms with van der Waals surface area (Å²) >= 11 is 0. The van der Waals surface area contributed by atoms with Gasteiger partial charge in [-0.3, -0.25) is 0 Å². The monoisotopic (exact) mass is 261 g/mol. The van der Waals surface area contributed by atoms with E-state index in [4.69, 9.17) is 19.8 Å². The number of carboxylic acid groups (broad SMARTS) is 1. The predicted molar refractivity (Wildman–Crippen MR) is 69.4 cm³/mol. The summed E-state index contributed by atoms with van der Waals surface area (Å²) in [5.41, 5.74) is 0.320. The van der Waals surface area contributed by atoms with Crippen LogP contribution in [0.4, 0.5) is 0 Å². The average molecular weight is 261 g/mol. The summed E-state index contributed by atoms with van der Waals surface area (Å²) in [6.07, 6.45) is 2.24. The molecule has 1 N–H and O–H groups in total. The molecule has 1 aromatic carbocycles. The van der Waals surface area contributed by atoms with E-state index in [0.29, 0.717) is 17.9 Å². The Balaban J connectivity index is 2.61. The Morgan fingerprint density at radius 3 is 2.63 bits per heavy atom. The Kier molecular flexibility index (Phi) is 6.13. The van der Waals surface area contributed by atoms with Crippen molar-refractivity contribution < 1.29 is 19.4 Å². The zero-order valence-electron chi connectivity index (χ0n) is 10.6. The first-order valence-corrected chi connectivity index (χ1v) is 5.83. The van der Waals surface area contributed by atoms with Gasteiger partial charge in [0.25, 0.3) is 0 Å². The standard InChI is InChI=1S/C14H15NO4/c1-2-7-18-10-19-13-5-3-11(4-6-13)8-12(9-15)14(16)17/h3-6,8H,2,7,10H2,1H3,(H,16,17)/b12-8+. The summed E-state index contributed by atoms with van der Waals surface area (Å²) in [5, 5.41) is 17.4. The van der Waals surface area contributed by atoms with E-state index in [9.17, 15) is 4.79 Å². The molecule has 0 atom stereocenters. The summed E-state index contributed by atoms with van der Waals surface area (Å²) in [4.78, 5) is 10.7. The highest BCUT2D eigenvalue weighted by atomic mass is 16.7. The molecular weight excluding hydrogens is 246 g/mol. The van der Waals surface area contributed by atoms with Crippen molar-refractivity contribution >= 4 is 12.0 Å². The van der Waals surface area contributed by atoms with Crippen molar-refractivity contribution in [2.24, 2.45) is 0 Å². The number of hydrogen-bond acceptors (Lipinski definition) is 4. The number of aliphatic carboxylic acids is 1. The normalized spacial score (nSPS) is 10.8. The van der Waals surface area contributed by atoms with Crippen molar-refractivity contribution in [1.82, 2.24) is 0 Å². The number of benzene rings is 1. The predicted octanol–water partition coefficient (Wildman–Crippen LogP) is 2.44. The van der Waals surface area contributed by atoms with Gasteiger partial charge in [0, 0.05) is 0 Å². The molecule has 5 nitrogen and oxygen atoms in total. The maximum atomic E-state index is 10.7. The first kappa shape index (κ1) is 14.7. The lowest BCUT2D eigenvalue weighted by Gasteiger charge is -2.06. The van der Waals surface area contributed by atoms with Crippen LogP contribution < -0.4 is 4.74 Å². The van der Waals surface area contributed by atoms with Gasteiger partial charge in [0.2, 0.25) is 0 Å². The molecule has 0 spiro atoms. The van der Waals surface area contributed by atoms with Gasteiger partial charge < -0.3 is 14.6 Å². The van der Waals surface area contributed by atoms with Crippen molar-refractivity contribution in [3.63, 3.8) is 0 Å². The first-order chi connectivity index (χ1) is 9.17. The lowest BCUT2D eigenvalue weighted by Crippen LogP contribution is -2.03. The molecule has 0 aliphatic carbocycles. The van der Waals surface area contributed by atoms with Gasteiger partial charge in [0.05, 0.1) is 6.61 Å². The molecule has 100 valence electrons. The number of hydrogen-bond donors (Lipinski definition) is 1. The van der Waals surface area contributed by atoms with E-state index in [0.717, 1.165) is 6.42 Å². The SMILES string of the molecule is CCCOCOc1ccc(/C=C(\C#N)C(=O)O)cc1. The van der Waals surface area contributed by atoms with Crippen LogP contribution in [0.3, 0.4) is 0 Å². The van der Waals surface area contributed by atoms with Gasteiger partial charge in [-0.1, -0.05) is 19.1 Å². The van der Waals surface area contributed by atoms with Crippen LogP contribution in [0.5, 0.6) is 5.75 Å². The number of carboxylic acids is 1. The van der Waals surface area contributed by atoms with Gasteiger partial charge >= 0.3 is 5.97 Å². The van der Waals surface area contributed by atoms with Crippen LogP contribution in [0.2, 0.25) is 0 Å². The fraction of sp³-hybridized carbons (Fsp3) is 0.286. The molecule has 1 rings (SSSR count). The Bertz CT molecular complexity index is 485. The van der Waals surface area contributed by atoms with Crippen LogP contribution in [0.25, 0.3) is 6.08 Å². The van der Waals surface area contributed by atoms with Crippen LogP contribution in [-0.4, -0.2) is 24.5 Å². The first-order valence-electron chi connectivity index (χ1n) is 5.83. The van der Waals surface area contributed by atoms with E-state index in [2.05, 4.69) is 0 Å². The minimum atomic E-state index is -1.24. The molecular formula is C14H15NO4. The minimum absolute atomic E-state index is 0.182. The smallest absolute Gasteiger partial charge is 0.346 e. The van der Waals surface area contributed by atoms with E-state index in [1.807, 2.05) is 6.92 Å². The maximum absolute atomic E-state index is 10.7. The second-order valence-corrected chi connectivity index (χ2v) is 3.71. The summed E-state index contributed by atoms with van der Waals surface area (Å²) in [6, 6.07) is 8.36. The number of nitriles is 1. The van der Waals surface area contributed by atoms with Gasteiger partial charge in [-0.05, 0) is 30.2 Å². The highest BCUT2D eigenvalue weighted by Gasteiger charge is 2.05. The molecule has 0 aliphatic heterocycles. The van der Waals surface area contributed by atoms with Crippen molar-refractivity contribution in [1.29, 1.82) is 5.26 Å². The van der Waals surface area contributed by atoms with Crippen molar-refractivity contribution in [2.75, 3.05) is 13.4 Å². The van der Waals surface area contributed by atoms with Crippen LogP contribution in [0.1, 0.15) is 18.9 Å². The molecule has 0 amide bonds. The van der Waals surface area contributed by atoms with Gasteiger partial charge in [0.15, 0.2) is 6.79 Å². The van der Waals surface area contributed by atoms with Crippen molar-refractivity contribution in [3.05, 3.63) is 35.4 Å². The zero-order chi connectivity index (χ0) is 14.1. The molecule has 0 heterocycles. The van der Waals surface area contributed by atoms with Gasteiger partial charge in [-0.25, -0.2) is 4.79 Å². The highest BCUT2D eigenvalue weighted by Crippen LogP contribution is 2.14. The molecule has 0 fully saturated rings. The fourth-order valence-corrected chi connectivity index (χ4v) is 1.28. The van der Waals surface area contributed by atoms with Gasteiger partial charge in [-0.15, -0.1) is 0 Å². The number of ether oxygens (including phenoxy) is 2. The molecule has 0 bridgehead atoms. The van der Waals surface area contributed by atoms with Gasteiger partial charge in [0.1, 0.15) is 17.4 Å². The average Bonchev–Trinajstić information content (AvgIpc) is 2.42. The summed E-state index contributed by atoms with van der Waals surface area (Å²) in [5.74, 6) is -0.613. The molecule has 0 radical (unpaired) electrons. The van der Waals surface area contributed by atoms with E-state index < -0.39 is 5.97 Å². The molecule has 5 heteroatoms. The molecule has 0 aliphatic rings. The summed E-state index contributed by atoms with van der Waals surface area (Å²) in [7, 11) is 0. The number of rotatable bonds is 7. The second kappa shape index (κ2) is 7.90. The highest BCUT2D eigenvalue weighted by molar-refractivity contribution is 5.96. The van der Waals surface area contributed by atoms with Crippen molar-refractivity contribution in [2.45, 2.75) is 13.3 Å². The molecule has 0 saturated heterocycles. The minimum Gasteiger partial charge on any atom is -0.477 e. The quantitative estimate of drug-likeness (QED) is 0.353. The molecule has 19 heavy (non-hydrogen) atoms. The van der Waals surface area contributed by atoms with Gasteiger partial charge in [-0.2, -0.15) is 5.26 Å². The Morgan fingerprint density at radius 1 is 1.42 bits per heavy atom. The Labute approximate surface area is 111 Å². The third-order valence-electron chi connectivity index (χ3n) is 2.20. The van der Waals surface area contributed by atoms with Crippen LogP contribution >= 0.6 is 0 Å². The van der Waals surface area contributed by atoms with Crippen molar-refractivity contribution in [3.8, 4) is 11.8 Å². The molecule has 0 unspecified atom stereocenters. The summed E-state index contributed by atoms with van der Waals surface area (Å²) in [6.45, 7) is 2.84. The van der Waals surface area contributed by atoms with E-state index in [1.54, 1.807) is 30.3 Å². The topological polar surface area (TPSA) is 79.5 Å². The molecule has 1 aromatic rings.